The van der Waals surface area contributed by atoms with Gasteiger partial charge < -0.3 is 10.1 Å². The van der Waals surface area contributed by atoms with Crippen LogP contribution >= 0.6 is 11.6 Å². The number of aromatic nitrogens is 2. The lowest BCUT2D eigenvalue weighted by Gasteiger charge is -2.18. The number of nitrogens with zero attached hydrogens (tertiary/aromatic N) is 2. The molecule has 3 aromatic carbocycles. The normalized spacial score (nSPS) is 11.7. The molecular formula is C26H22ClN3O4. The number of aryl methyl sites for hydroxylation is 2. The number of esters is 1. The summed E-state index contributed by atoms with van der Waals surface area (Å²) in [5, 5.41) is 3.73. The Bertz CT molecular complexity index is 1400. The molecule has 8 heteroatoms. The smallest absolute Gasteiger partial charge is 0.308 e. The predicted molar refractivity (Wildman–Crippen MR) is 131 cm³/mol. The van der Waals surface area contributed by atoms with Crippen LogP contribution in [0.3, 0.4) is 0 Å². The zero-order valence-corrected chi connectivity index (χ0v) is 19.2. The van der Waals surface area contributed by atoms with Crippen molar-refractivity contribution in [3.8, 4) is 0 Å². The van der Waals surface area contributed by atoms with Crippen molar-refractivity contribution < 1.29 is 14.3 Å². The number of ether oxygens (including phenoxy) is 1. The van der Waals surface area contributed by atoms with Crippen LogP contribution in [0.4, 0.5) is 5.69 Å². The highest BCUT2D eigenvalue weighted by atomic mass is 35.5. The summed E-state index contributed by atoms with van der Waals surface area (Å²) in [6.07, 6.45) is 0.133. The van der Waals surface area contributed by atoms with Gasteiger partial charge in [-0.25, -0.2) is 4.98 Å². The third kappa shape index (κ3) is 5.32. The van der Waals surface area contributed by atoms with E-state index in [1.165, 1.54) is 10.9 Å². The number of halogens is 1. The fourth-order valence-electron chi connectivity index (χ4n) is 3.45. The van der Waals surface area contributed by atoms with E-state index in [1.807, 2.05) is 6.92 Å². The van der Waals surface area contributed by atoms with Gasteiger partial charge >= 0.3 is 5.97 Å². The quantitative estimate of drug-likeness (QED) is 0.392. The van der Waals surface area contributed by atoms with Crippen LogP contribution in [0, 0.1) is 6.92 Å². The maximum Gasteiger partial charge on any atom is 0.308 e. The van der Waals surface area contributed by atoms with Gasteiger partial charge in [0, 0.05) is 22.8 Å². The van der Waals surface area contributed by atoms with E-state index in [4.69, 9.17) is 16.3 Å². The van der Waals surface area contributed by atoms with Gasteiger partial charge in [0.15, 0.2) is 0 Å². The van der Waals surface area contributed by atoms with Gasteiger partial charge in [-0.1, -0.05) is 60.1 Å². The molecule has 172 valence electrons. The second-order valence-corrected chi connectivity index (χ2v) is 8.15. The van der Waals surface area contributed by atoms with Crippen molar-refractivity contribution in [2.24, 2.45) is 0 Å². The van der Waals surface area contributed by atoms with Crippen molar-refractivity contribution in [2.75, 3.05) is 5.32 Å². The second-order valence-electron chi connectivity index (χ2n) is 7.74. The van der Waals surface area contributed by atoms with Crippen LogP contribution in [0.1, 0.15) is 23.7 Å². The standard InChI is InChI=1S/C26H22ClN3O4/c1-17-11-12-19(15-21(17)27)29-25(32)24(18-7-3-2-4-8-18)34-23(31)13-14-30-16-28-22-10-6-5-9-20(22)26(30)33/h2-12,15-16,24H,13-14H2,1H3,(H,29,32). The van der Waals surface area contributed by atoms with Gasteiger partial charge in [0.1, 0.15) is 0 Å². The minimum atomic E-state index is -1.17. The largest absolute Gasteiger partial charge is 0.447 e. The molecule has 4 rings (SSSR count). The number of anilines is 1. The molecular weight excluding hydrogens is 454 g/mol. The molecule has 4 aromatic rings. The number of hydrogen-bond donors (Lipinski definition) is 1. The van der Waals surface area contributed by atoms with E-state index in [9.17, 15) is 14.4 Å². The molecule has 0 fully saturated rings. The van der Waals surface area contributed by atoms with Crippen molar-refractivity contribution in [3.63, 3.8) is 0 Å². The first-order valence-corrected chi connectivity index (χ1v) is 11.1. The highest BCUT2D eigenvalue weighted by molar-refractivity contribution is 6.31. The summed E-state index contributed by atoms with van der Waals surface area (Å²) in [7, 11) is 0. The molecule has 1 N–H and O–H groups in total. The maximum absolute atomic E-state index is 13.0. The number of rotatable bonds is 7. The van der Waals surface area contributed by atoms with Crippen molar-refractivity contribution in [3.05, 3.63) is 106 Å². The lowest BCUT2D eigenvalue weighted by atomic mass is 10.1. The summed E-state index contributed by atoms with van der Waals surface area (Å²) < 4.78 is 6.91. The minimum absolute atomic E-state index is 0.0756. The van der Waals surface area contributed by atoms with Crippen LogP contribution in [0.2, 0.25) is 5.02 Å². The molecule has 1 heterocycles. The van der Waals surface area contributed by atoms with Crippen molar-refractivity contribution in [1.82, 2.24) is 9.55 Å². The summed E-state index contributed by atoms with van der Waals surface area (Å²) >= 11 is 6.16. The van der Waals surface area contributed by atoms with E-state index < -0.39 is 18.0 Å². The molecule has 0 aliphatic carbocycles. The molecule has 7 nitrogen and oxygen atoms in total. The Balaban J connectivity index is 1.48. The summed E-state index contributed by atoms with van der Waals surface area (Å²) in [5.41, 5.74) is 2.24. The van der Waals surface area contributed by atoms with Crippen molar-refractivity contribution in [1.29, 1.82) is 0 Å². The molecule has 1 aromatic heterocycles. The van der Waals surface area contributed by atoms with E-state index in [2.05, 4.69) is 10.3 Å². The number of carbonyl (C=O) groups is 2. The molecule has 0 aliphatic rings. The lowest BCUT2D eigenvalue weighted by molar-refractivity contribution is -0.155. The Kier molecular flexibility index (Phi) is 7.04. The second kappa shape index (κ2) is 10.3. The Labute approximate surface area is 201 Å². The molecule has 0 spiro atoms. The zero-order valence-electron chi connectivity index (χ0n) is 18.4. The van der Waals surface area contributed by atoms with Gasteiger partial charge in [0.05, 0.1) is 23.7 Å². The lowest BCUT2D eigenvalue weighted by Crippen LogP contribution is -2.27. The number of benzene rings is 3. The Morgan fingerprint density at radius 2 is 1.79 bits per heavy atom. The number of para-hydroxylation sites is 1. The van der Waals surface area contributed by atoms with Crippen LogP contribution in [-0.2, 0) is 20.9 Å². The molecule has 1 atom stereocenters. The topological polar surface area (TPSA) is 90.3 Å². The zero-order chi connectivity index (χ0) is 24.1. The van der Waals surface area contributed by atoms with Crippen LogP contribution in [0.5, 0.6) is 0 Å². The summed E-state index contributed by atoms with van der Waals surface area (Å²) in [5.74, 6) is -1.13. The molecule has 0 saturated carbocycles. The van der Waals surface area contributed by atoms with Crippen LogP contribution in [-0.4, -0.2) is 21.4 Å². The van der Waals surface area contributed by atoms with Gasteiger partial charge in [-0.3, -0.25) is 19.0 Å². The van der Waals surface area contributed by atoms with Gasteiger partial charge in [-0.15, -0.1) is 0 Å². The number of fused-ring (bicyclic) bond motifs is 1. The first kappa shape index (κ1) is 23.2. The molecule has 0 aliphatic heterocycles. The molecule has 0 radical (unpaired) electrons. The van der Waals surface area contributed by atoms with Crippen LogP contribution in [0.25, 0.3) is 10.9 Å². The third-order valence-corrected chi connectivity index (χ3v) is 5.72. The van der Waals surface area contributed by atoms with Crippen LogP contribution < -0.4 is 10.9 Å². The van der Waals surface area contributed by atoms with Crippen molar-refractivity contribution in [2.45, 2.75) is 26.0 Å². The number of hydrogen-bond acceptors (Lipinski definition) is 5. The average Bonchev–Trinajstić information content (AvgIpc) is 2.85. The molecule has 34 heavy (non-hydrogen) atoms. The van der Waals surface area contributed by atoms with Gasteiger partial charge in [-0.2, -0.15) is 0 Å². The molecule has 1 amide bonds. The fraction of sp³-hybridized carbons (Fsp3) is 0.154. The summed E-state index contributed by atoms with van der Waals surface area (Å²) in [6, 6.07) is 20.9. The Morgan fingerprint density at radius 1 is 1.06 bits per heavy atom. The van der Waals surface area contributed by atoms with E-state index in [0.717, 1.165) is 5.56 Å². The highest BCUT2D eigenvalue weighted by Gasteiger charge is 2.25. The van der Waals surface area contributed by atoms with E-state index in [1.54, 1.807) is 72.8 Å². The molecule has 0 saturated heterocycles. The van der Waals surface area contributed by atoms with Crippen LogP contribution in [0.15, 0.2) is 83.9 Å². The SMILES string of the molecule is Cc1ccc(NC(=O)C(OC(=O)CCn2cnc3ccccc3c2=O)c2ccccc2)cc1Cl. The third-order valence-electron chi connectivity index (χ3n) is 5.32. The number of nitrogens with one attached hydrogen (secondary N) is 1. The summed E-state index contributed by atoms with van der Waals surface area (Å²) in [4.78, 5) is 42.6. The summed E-state index contributed by atoms with van der Waals surface area (Å²) in [6.45, 7) is 1.94. The number of amides is 1. The van der Waals surface area contributed by atoms with Gasteiger partial charge in [0.2, 0.25) is 6.10 Å². The minimum Gasteiger partial charge on any atom is -0.447 e. The predicted octanol–water partition coefficient (Wildman–Crippen LogP) is 4.67. The van der Waals surface area contributed by atoms with E-state index >= 15 is 0 Å². The molecule has 1 unspecified atom stereocenters. The first-order chi connectivity index (χ1) is 16.4. The Hall–Kier alpha value is -3.97. The number of carbonyl (C=O) groups excluding carboxylic acids is 2. The average molecular weight is 476 g/mol. The van der Waals surface area contributed by atoms with Gasteiger partial charge in [0.25, 0.3) is 11.5 Å². The highest BCUT2D eigenvalue weighted by Crippen LogP contribution is 2.24. The van der Waals surface area contributed by atoms with E-state index in [-0.39, 0.29) is 18.5 Å². The van der Waals surface area contributed by atoms with E-state index in [0.29, 0.717) is 27.2 Å². The van der Waals surface area contributed by atoms with Gasteiger partial charge in [-0.05, 0) is 36.8 Å². The van der Waals surface area contributed by atoms with Crippen molar-refractivity contribution >= 4 is 40.1 Å². The molecule has 0 bridgehead atoms. The first-order valence-electron chi connectivity index (χ1n) is 10.7. The Morgan fingerprint density at radius 3 is 2.56 bits per heavy atom. The monoisotopic (exact) mass is 475 g/mol. The maximum atomic E-state index is 13.0. The fourth-order valence-corrected chi connectivity index (χ4v) is 3.63.